The fourth-order valence-corrected chi connectivity index (χ4v) is 1.32. The van der Waals surface area contributed by atoms with E-state index in [1.54, 1.807) is 24.3 Å². The molecule has 4 nitrogen and oxygen atoms in total. The Bertz CT molecular complexity index is 575. The van der Waals surface area contributed by atoms with Gasteiger partial charge in [-0.15, -0.1) is 0 Å². The maximum atomic E-state index is 11.4. The normalized spacial score (nSPS) is 10.2. The zero-order valence-electron chi connectivity index (χ0n) is 10.9. The van der Waals surface area contributed by atoms with Gasteiger partial charge in [-0.1, -0.05) is 19.9 Å². The van der Waals surface area contributed by atoms with Gasteiger partial charge in [0.2, 0.25) is 0 Å². The number of rotatable bonds is 4. The zero-order valence-corrected chi connectivity index (χ0v) is 10.9. The minimum absolute atomic E-state index is 0.289. The van der Waals surface area contributed by atoms with Gasteiger partial charge >= 0.3 is 5.97 Å². The van der Waals surface area contributed by atoms with Crippen molar-refractivity contribution in [3.8, 4) is 12.1 Å². The van der Waals surface area contributed by atoms with Crippen LogP contribution in [-0.4, -0.2) is 12.6 Å². The van der Waals surface area contributed by atoms with E-state index in [1.807, 2.05) is 26.0 Å². The molecule has 0 unspecified atom stereocenters. The fourth-order valence-electron chi connectivity index (χ4n) is 1.32. The maximum absolute atomic E-state index is 11.4. The van der Waals surface area contributed by atoms with Gasteiger partial charge in [-0.05, 0) is 29.7 Å². The van der Waals surface area contributed by atoms with E-state index < -0.39 is 5.97 Å². The van der Waals surface area contributed by atoms with Crippen molar-refractivity contribution < 1.29 is 9.53 Å². The number of ether oxygens (including phenoxy) is 1. The predicted molar refractivity (Wildman–Crippen MR) is 70.7 cm³/mol. The predicted octanol–water partition coefficient (Wildman–Crippen LogP) is 2.64. The van der Waals surface area contributed by atoms with Crippen LogP contribution in [0, 0.1) is 28.6 Å². The SMILES string of the molecule is CC(C)COC(=O)/C=C/c1ccc(C#N)c(C#N)c1. The average molecular weight is 254 g/mol. The third-order valence-electron chi connectivity index (χ3n) is 2.26. The molecule has 0 saturated carbocycles. The van der Waals surface area contributed by atoms with Crippen LogP contribution in [-0.2, 0) is 9.53 Å². The second-order valence-electron chi connectivity index (χ2n) is 4.39. The van der Waals surface area contributed by atoms with Gasteiger partial charge in [0.15, 0.2) is 0 Å². The quantitative estimate of drug-likeness (QED) is 0.611. The van der Waals surface area contributed by atoms with E-state index in [1.165, 1.54) is 6.08 Å². The Labute approximate surface area is 112 Å². The van der Waals surface area contributed by atoms with Gasteiger partial charge in [0.05, 0.1) is 17.7 Å². The highest BCUT2D eigenvalue weighted by Gasteiger charge is 2.02. The molecule has 1 aromatic rings. The van der Waals surface area contributed by atoms with Crippen molar-refractivity contribution in [2.45, 2.75) is 13.8 Å². The molecule has 0 amide bonds. The molecular weight excluding hydrogens is 240 g/mol. The van der Waals surface area contributed by atoms with Crippen LogP contribution in [0.4, 0.5) is 0 Å². The van der Waals surface area contributed by atoms with Gasteiger partial charge in [-0.3, -0.25) is 0 Å². The number of esters is 1. The van der Waals surface area contributed by atoms with Crippen molar-refractivity contribution in [1.82, 2.24) is 0 Å². The minimum Gasteiger partial charge on any atom is -0.462 e. The molecule has 0 fully saturated rings. The average Bonchev–Trinajstić information content (AvgIpc) is 2.42. The highest BCUT2D eigenvalue weighted by Crippen LogP contribution is 2.11. The van der Waals surface area contributed by atoms with Crippen LogP contribution in [0.3, 0.4) is 0 Å². The first kappa shape index (κ1) is 14.5. The summed E-state index contributed by atoms with van der Waals surface area (Å²) in [5.74, 6) is -0.131. The lowest BCUT2D eigenvalue weighted by atomic mass is 10.1. The van der Waals surface area contributed by atoms with Crippen LogP contribution >= 0.6 is 0 Å². The van der Waals surface area contributed by atoms with E-state index in [0.29, 0.717) is 23.3 Å². The monoisotopic (exact) mass is 254 g/mol. The second-order valence-corrected chi connectivity index (χ2v) is 4.39. The van der Waals surface area contributed by atoms with Gasteiger partial charge < -0.3 is 4.74 Å². The number of carbonyl (C=O) groups excluding carboxylic acids is 1. The van der Waals surface area contributed by atoms with Gasteiger partial charge in [0.25, 0.3) is 0 Å². The summed E-state index contributed by atoms with van der Waals surface area (Å²) in [6.07, 6.45) is 2.87. The Morgan fingerprint density at radius 3 is 2.58 bits per heavy atom. The summed E-state index contributed by atoms with van der Waals surface area (Å²) in [7, 11) is 0. The molecule has 0 bridgehead atoms. The van der Waals surface area contributed by atoms with Crippen LogP contribution in [0.2, 0.25) is 0 Å². The van der Waals surface area contributed by atoms with E-state index in [0.717, 1.165) is 0 Å². The standard InChI is InChI=1S/C15H14N2O2/c1-11(2)10-19-15(18)6-4-12-3-5-13(8-16)14(7-12)9-17/h3-7,11H,10H2,1-2H3/b6-4+. The molecule has 0 heterocycles. The largest absolute Gasteiger partial charge is 0.462 e. The second kappa shape index (κ2) is 6.98. The highest BCUT2D eigenvalue weighted by atomic mass is 16.5. The first-order valence-corrected chi connectivity index (χ1v) is 5.86. The topological polar surface area (TPSA) is 73.9 Å². The summed E-state index contributed by atoms with van der Waals surface area (Å²) < 4.78 is 4.98. The van der Waals surface area contributed by atoms with E-state index in [4.69, 9.17) is 15.3 Å². The van der Waals surface area contributed by atoms with Gasteiger partial charge in [0.1, 0.15) is 12.1 Å². The third-order valence-corrected chi connectivity index (χ3v) is 2.26. The van der Waals surface area contributed by atoms with Crippen molar-refractivity contribution in [1.29, 1.82) is 10.5 Å². The molecule has 4 heteroatoms. The maximum Gasteiger partial charge on any atom is 0.330 e. The van der Waals surface area contributed by atoms with E-state index in [2.05, 4.69) is 0 Å². The molecule has 0 atom stereocenters. The van der Waals surface area contributed by atoms with E-state index in [-0.39, 0.29) is 5.92 Å². The summed E-state index contributed by atoms with van der Waals surface area (Å²) in [5, 5.41) is 17.7. The van der Waals surface area contributed by atoms with Gasteiger partial charge in [-0.2, -0.15) is 10.5 Å². The lowest BCUT2D eigenvalue weighted by Crippen LogP contribution is -2.06. The molecule has 0 aliphatic rings. The first-order chi connectivity index (χ1) is 9.06. The molecule has 0 radical (unpaired) electrons. The Kier molecular flexibility index (Phi) is 5.32. The molecular formula is C15H14N2O2. The molecule has 1 rings (SSSR count). The lowest BCUT2D eigenvalue weighted by Gasteiger charge is -2.03. The smallest absolute Gasteiger partial charge is 0.330 e. The summed E-state index contributed by atoms with van der Waals surface area (Å²) in [6.45, 7) is 4.29. The molecule has 1 aromatic carbocycles. The molecule has 0 aliphatic heterocycles. The minimum atomic E-state index is -0.420. The zero-order chi connectivity index (χ0) is 14.3. The number of nitriles is 2. The van der Waals surface area contributed by atoms with Crippen molar-refractivity contribution in [2.24, 2.45) is 5.92 Å². The molecule has 96 valence electrons. The summed E-state index contributed by atoms with van der Waals surface area (Å²) in [5.41, 5.74) is 1.29. The van der Waals surface area contributed by atoms with Gasteiger partial charge in [-0.25, -0.2) is 4.79 Å². The Morgan fingerprint density at radius 1 is 1.32 bits per heavy atom. The summed E-state index contributed by atoms with van der Waals surface area (Å²) in [6, 6.07) is 8.66. The fraction of sp³-hybridized carbons (Fsp3) is 0.267. The van der Waals surface area contributed by atoms with E-state index >= 15 is 0 Å². The van der Waals surface area contributed by atoms with Crippen LogP contribution < -0.4 is 0 Å². The molecule has 0 saturated heterocycles. The van der Waals surface area contributed by atoms with Crippen molar-refractivity contribution in [3.63, 3.8) is 0 Å². The van der Waals surface area contributed by atoms with Crippen LogP contribution in [0.5, 0.6) is 0 Å². The Morgan fingerprint density at radius 2 is 2.00 bits per heavy atom. The van der Waals surface area contributed by atoms with E-state index in [9.17, 15) is 4.79 Å². The van der Waals surface area contributed by atoms with Crippen LogP contribution in [0.25, 0.3) is 6.08 Å². The van der Waals surface area contributed by atoms with Gasteiger partial charge in [0, 0.05) is 6.08 Å². The number of carbonyl (C=O) groups is 1. The Hall–Kier alpha value is -2.59. The summed E-state index contributed by atoms with van der Waals surface area (Å²) >= 11 is 0. The van der Waals surface area contributed by atoms with Crippen molar-refractivity contribution >= 4 is 12.0 Å². The number of nitrogens with zero attached hydrogens (tertiary/aromatic N) is 2. The first-order valence-electron chi connectivity index (χ1n) is 5.86. The Balaban J connectivity index is 2.76. The number of hydrogen-bond donors (Lipinski definition) is 0. The highest BCUT2D eigenvalue weighted by molar-refractivity contribution is 5.87. The molecule has 0 N–H and O–H groups in total. The number of benzene rings is 1. The summed E-state index contributed by atoms with van der Waals surface area (Å²) in [4.78, 5) is 11.4. The lowest BCUT2D eigenvalue weighted by molar-refractivity contribution is -0.138. The van der Waals surface area contributed by atoms with Crippen molar-refractivity contribution in [2.75, 3.05) is 6.61 Å². The van der Waals surface area contributed by atoms with Crippen LogP contribution in [0.1, 0.15) is 30.5 Å². The molecule has 0 aliphatic carbocycles. The third kappa shape index (κ3) is 4.65. The van der Waals surface area contributed by atoms with Crippen LogP contribution in [0.15, 0.2) is 24.3 Å². The molecule has 0 spiro atoms. The van der Waals surface area contributed by atoms with Crippen molar-refractivity contribution in [3.05, 3.63) is 41.0 Å². The molecule has 19 heavy (non-hydrogen) atoms. The molecule has 0 aromatic heterocycles. The number of hydrogen-bond acceptors (Lipinski definition) is 4.